The van der Waals surface area contributed by atoms with Gasteiger partial charge in [0.1, 0.15) is 6.54 Å². The van der Waals surface area contributed by atoms with Gasteiger partial charge in [-0.05, 0) is 36.8 Å². The highest BCUT2D eigenvalue weighted by atomic mass is 127. The van der Waals surface area contributed by atoms with Crippen molar-refractivity contribution in [2.45, 2.75) is 38.4 Å². The highest BCUT2D eigenvalue weighted by Gasteiger charge is 2.29. The van der Waals surface area contributed by atoms with Crippen molar-refractivity contribution in [1.82, 2.24) is 20.4 Å². The number of likely N-dealkylation sites (tertiary alicyclic amines) is 1. The number of nitrogens with zero attached hydrogens (tertiary/aromatic N) is 3. The molecule has 2 heterocycles. The van der Waals surface area contributed by atoms with E-state index in [0.29, 0.717) is 12.1 Å². The van der Waals surface area contributed by atoms with E-state index in [9.17, 15) is 4.79 Å². The van der Waals surface area contributed by atoms with Gasteiger partial charge in [0.15, 0.2) is 5.96 Å². The van der Waals surface area contributed by atoms with Crippen molar-refractivity contribution in [3.05, 3.63) is 58.3 Å². The molecule has 1 saturated heterocycles. The molecule has 1 aliphatic heterocycles. The summed E-state index contributed by atoms with van der Waals surface area (Å²) in [6, 6.07) is 15.6. The predicted molar refractivity (Wildman–Crippen MR) is 140 cm³/mol. The van der Waals surface area contributed by atoms with Crippen molar-refractivity contribution in [3.8, 4) is 0 Å². The van der Waals surface area contributed by atoms with Crippen LogP contribution in [0.25, 0.3) is 0 Å². The van der Waals surface area contributed by atoms with Gasteiger partial charge in [-0.3, -0.25) is 9.69 Å². The molecule has 0 radical (unpaired) electrons. The van der Waals surface area contributed by atoms with Gasteiger partial charge < -0.3 is 15.5 Å². The maximum absolute atomic E-state index is 12.0. The Morgan fingerprint density at radius 1 is 1.23 bits per heavy atom. The van der Waals surface area contributed by atoms with E-state index in [0.717, 1.165) is 38.4 Å². The van der Waals surface area contributed by atoms with Crippen LogP contribution >= 0.6 is 35.3 Å². The van der Waals surface area contributed by atoms with Crippen molar-refractivity contribution in [2.24, 2.45) is 4.99 Å². The molecule has 1 aliphatic rings. The molecule has 2 unspecified atom stereocenters. The zero-order valence-corrected chi connectivity index (χ0v) is 21.7. The summed E-state index contributed by atoms with van der Waals surface area (Å²) in [6.45, 7) is 5.14. The zero-order chi connectivity index (χ0) is 21.3. The van der Waals surface area contributed by atoms with Gasteiger partial charge in [-0.2, -0.15) is 0 Å². The number of amides is 1. The minimum Gasteiger partial charge on any atom is -0.356 e. The van der Waals surface area contributed by atoms with E-state index >= 15 is 0 Å². The molecule has 0 spiro atoms. The Morgan fingerprint density at radius 2 is 2.00 bits per heavy atom. The van der Waals surface area contributed by atoms with Crippen LogP contribution in [0, 0.1) is 0 Å². The fourth-order valence-electron chi connectivity index (χ4n) is 3.63. The lowest BCUT2D eigenvalue weighted by Crippen LogP contribution is -2.45. The topological polar surface area (TPSA) is 60.0 Å². The molecule has 0 saturated carbocycles. The molecular formula is C23H34IN5OS. The lowest BCUT2D eigenvalue weighted by Gasteiger charge is -2.21. The highest BCUT2D eigenvalue weighted by molar-refractivity contribution is 14.0. The SMILES string of the molecule is CC1CC(NC(=NCC(=O)N(C)C)NCCc2cccs2)CN1Cc1ccccc1.I. The van der Waals surface area contributed by atoms with Gasteiger partial charge in [-0.1, -0.05) is 36.4 Å². The van der Waals surface area contributed by atoms with Crippen LogP contribution in [0.15, 0.2) is 52.8 Å². The van der Waals surface area contributed by atoms with E-state index in [2.05, 4.69) is 75.3 Å². The van der Waals surface area contributed by atoms with Crippen LogP contribution < -0.4 is 10.6 Å². The number of hydrogen-bond acceptors (Lipinski definition) is 4. The van der Waals surface area contributed by atoms with Gasteiger partial charge >= 0.3 is 0 Å². The van der Waals surface area contributed by atoms with Crippen molar-refractivity contribution >= 4 is 47.2 Å². The number of hydrogen-bond donors (Lipinski definition) is 2. The molecule has 6 nitrogen and oxygen atoms in total. The van der Waals surface area contributed by atoms with E-state index in [-0.39, 0.29) is 36.4 Å². The van der Waals surface area contributed by atoms with Crippen LogP contribution in [0.2, 0.25) is 0 Å². The minimum atomic E-state index is -0.000138. The van der Waals surface area contributed by atoms with Gasteiger partial charge in [0, 0.05) is 50.7 Å². The first-order valence-corrected chi connectivity index (χ1v) is 11.4. The molecule has 1 aromatic carbocycles. The van der Waals surface area contributed by atoms with Crippen LogP contribution in [-0.4, -0.2) is 67.5 Å². The molecule has 3 rings (SSSR count). The van der Waals surface area contributed by atoms with E-state index in [1.165, 1.54) is 10.4 Å². The standard InChI is InChI=1S/C23H33N5OS.HI/c1-18-14-20(17-28(18)16-19-8-5-4-6-9-19)26-23(25-15-22(29)27(2)3)24-12-11-21-10-7-13-30-21;/h4-10,13,18,20H,11-12,14-17H2,1-3H3,(H2,24,25,26);1H. The quantitative estimate of drug-likeness (QED) is 0.299. The second-order valence-electron chi connectivity index (χ2n) is 8.05. The molecule has 2 N–H and O–H groups in total. The fraction of sp³-hybridized carbons (Fsp3) is 0.478. The van der Waals surface area contributed by atoms with Crippen LogP contribution in [0.5, 0.6) is 0 Å². The predicted octanol–water partition coefficient (Wildman–Crippen LogP) is 3.20. The van der Waals surface area contributed by atoms with Crippen LogP contribution in [-0.2, 0) is 17.8 Å². The van der Waals surface area contributed by atoms with E-state index in [4.69, 9.17) is 0 Å². The number of likely N-dealkylation sites (N-methyl/N-ethyl adjacent to an activating group) is 1. The Bertz CT molecular complexity index is 813. The number of thiophene rings is 1. The number of benzene rings is 1. The van der Waals surface area contributed by atoms with Gasteiger partial charge in [0.25, 0.3) is 0 Å². The third kappa shape index (κ3) is 8.42. The van der Waals surface area contributed by atoms with Gasteiger partial charge in [0.2, 0.25) is 5.91 Å². The monoisotopic (exact) mass is 555 g/mol. The van der Waals surface area contributed by atoms with Crippen LogP contribution in [0.3, 0.4) is 0 Å². The molecule has 2 atom stereocenters. The number of nitrogens with one attached hydrogen (secondary N) is 2. The normalized spacial score (nSPS) is 19.0. The molecule has 0 aliphatic carbocycles. The molecule has 31 heavy (non-hydrogen) atoms. The van der Waals surface area contributed by atoms with Crippen molar-refractivity contribution in [1.29, 1.82) is 0 Å². The highest BCUT2D eigenvalue weighted by Crippen LogP contribution is 2.20. The number of halogens is 1. The van der Waals surface area contributed by atoms with Crippen molar-refractivity contribution < 1.29 is 4.79 Å². The first kappa shape index (κ1) is 25.6. The molecule has 8 heteroatoms. The molecule has 1 fully saturated rings. The van der Waals surface area contributed by atoms with Crippen LogP contribution in [0.4, 0.5) is 0 Å². The Labute approximate surface area is 207 Å². The largest absolute Gasteiger partial charge is 0.356 e. The fourth-order valence-corrected chi connectivity index (χ4v) is 4.34. The van der Waals surface area contributed by atoms with Crippen molar-refractivity contribution in [2.75, 3.05) is 33.7 Å². The minimum absolute atomic E-state index is 0. The molecule has 2 aromatic rings. The molecule has 170 valence electrons. The zero-order valence-electron chi connectivity index (χ0n) is 18.6. The smallest absolute Gasteiger partial charge is 0.243 e. The molecule has 0 bridgehead atoms. The summed E-state index contributed by atoms with van der Waals surface area (Å²) in [6.07, 6.45) is 2.00. The number of aliphatic imine (C=N–C) groups is 1. The summed E-state index contributed by atoms with van der Waals surface area (Å²) >= 11 is 1.76. The Kier molecular flexibility index (Phi) is 10.8. The Morgan fingerprint density at radius 3 is 2.68 bits per heavy atom. The molecule has 1 amide bonds. The third-order valence-electron chi connectivity index (χ3n) is 5.39. The lowest BCUT2D eigenvalue weighted by atomic mass is 10.2. The van der Waals surface area contributed by atoms with Gasteiger partial charge in [-0.15, -0.1) is 35.3 Å². The van der Waals surface area contributed by atoms with Gasteiger partial charge in [0.05, 0.1) is 0 Å². The second-order valence-corrected chi connectivity index (χ2v) is 9.08. The number of carbonyl (C=O) groups is 1. The molecule has 1 aromatic heterocycles. The first-order chi connectivity index (χ1) is 14.5. The summed E-state index contributed by atoms with van der Waals surface area (Å²) in [7, 11) is 3.52. The van der Waals surface area contributed by atoms with E-state index < -0.39 is 0 Å². The summed E-state index contributed by atoms with van der Waals surface area (Å²) in [4.78, 5) is 22.0. The summed E-state index contributed by atoms with van der Waals surface area (Å²) < 4.78 is 0. The number of rotatable bonds is 8. The average Bonchev–Trinajstić information content (AvgIpc) is 3.36. The second kappa shape index (κ2) is 13.0. The first-order valence-electron chi connectivity index (χ1n) is 10.6. The summed E-state index contributed by atoms with van der Waals surface area (Å²) in [5, 5.41) is 9.08. The lowest BCUT2D eigenvalue weighted by molar-refractivity contribution is -0.127. The van der Waals surface area contributed by atoms with E-state index in [1.807, 2.05) is 0 Å². The Balaban J connectivity index is 0.00000341. The average molecular weight is 556 g/mol. The van der Waals surface area contributed by atoms with Crippen LogP contribution in [0.1, 0.15) is 23.8 Å². The number of carbonyl (C=O) groups excluding carboxylic acids is 1. The summed E-state index contributed by atoms with van der Waals surface area (Å²) in [5.41, 5.74) is 1.34. The molecular weight excluding hydrogens is 521 g/mol. The third-order valence-corrected chi connectivity index (χ3v) is 6.32. The summed E-state index contributed by atoms with van der Waals surface area (Å²) in [5.74, 6) is 0.723. The maximum Gasteiger partial charge on any atom is 0.243 e. The number of guanidine groups is 1. The van der Waals surface area contributed by atoms with Gasteiger partial charge in [-0.25, -0.2) is 4.99 Å². The van der Waals surface area contributed by atoms with E-state index in [1.54, 1.807) is 30.3 Å². The Hall–Kier alpha value is -1.65. The maximum atomic E-state index is 12.0. The van der Waals surface area contributed by atoms with Crippen molar-refractivity contribution in [3.63, 3.8) is 0 Å².